The predicted octanol–water partition coefficient (Wildman–Crippen LogP) is 3.37. The first kappa shape index (κ1) is 14.1. The van der Waals surface area contributed by atoms with Gasteiger partial charge < -0.3 is 0 Å². The maximum atomic E-state index is 10.1. The fourth-order valence-electron chi connectivity index (χ4n) is 1.38. The molecule has 84 valence electrons. The summed E-state index contributed by atoms with van der Waals surface area (Å²) in [5.74, 6) is 0. The van der Waals surface area contributed by atoms with Gasteiger partial charge in [0, 0.05) is 0 Å². The first-order valence-electron chi connectivity index (χ1n) is 5.54. The second-order valence-electron chi connectivity index (χ2n) is 3.53. The van der Waals surface area contributed by atoms with E-state index in [0.29, 0.717) is 6.61 Å². The van der Waals surface area contributed by atoms with Crippen molar-refractivity contribution in [1.29, 1.82) is 0 Å². The van der Waals surface area contributed by atoms with Gasteiger partial charge in [-0.2, -0.15) is 0 Å². The summed E-state index contributed by atoms with van der Waals surface area (Å²) < 4.78 is 24.7. The summed E-state index contributed by atoms with van der Waals surface area (Å²) in [7, 11) is 0. The number of hydrogen-bond acceptors (Lipinski definition) is 3. The minimum atomic E-state index is -3.30. The second-order valence-corrected chi connectivity index (χ2v) is 4.63. The summed E-state index contributed by atoms with van der Waals surface area (Å²) in [4.78, 5) is 0. The first-order chi connectivity index (χ1) is 6.77. The molecule has 0 saturated heterocycles. The van der Waals surface area contributed by atoms with Crippen molar-refractivity contribution in [2.24, 2.45) is 0 Å². The minimum absolute atomic E-state index is 0.391. The van der Waals surface area contributed by atoms with Crippen molar-refractivity contribution < 1.29 is 26.4 Å². The topological polar surface area (TPSA) is 43.4 Å². The molecule has 0 heterocycles. The Morgan fingerprint density at radius 2 is 1.36 bits per heavy atom. The van der Waals surface area contributed by atoms with E-state index in [0.717, 1.165) is 12.8 Å². The SMILES string of the molecule is CCCCCCCCCC[O][V](=[O])=[O]. The Labute approximate surface area is 91.6 Å². The van der Waals surface area contributed by atoms with Crippen LogP contribution in [0.15, 0.2) is 0 Å². The van der Waals surface area contributed by atoms with Crippen LogP contribution in [0.25, 0.3) is 0 Å². The zero-order chi connectivity index (χ0) is 10.6. The third-order valence-corrected chi connectivity index (χ3v) is 2.81. The number of unbranched alkanes of at least 4 members (excludes halogenated alkanes) is 7. The zero-order valence-corrected chi connectivity index (χ0v) is 10.4. The molecule has 0 atom stereocenters. The molecule has 3 nitrogen and oxygen atoms in total. The fourth-order valence-corrected chi connectivity index (χ4v) is 1.81. The van der Waals surface area contributed by atoms with Gasteiger partial charge in [-0.1, -0.05) is 0 Å². The third-order valence-electron chi connectivity index (χ3n) is 2.19. The predicted molar refractivity (Wildman–Crippen MR) is 49.9 cm³/mol. The Kier molecular flexibility index (Phi) is 11.3. The molecule has 0 rings (SSSR count). The van der Waals surface area contributed by atoms with Crippen LogP contribution in [0.5, 0.6) is 0 Å². The average molecular weight is 240 g/mol. The van der Waals surface area contributed by atoms with Crippen LogP contribution in [0.3, 0.4) is 0 Å². The van der Waals surface area contributed by atoms with Crippen molar-refractivity contribution in [3.05, 3.63) is 0 Å². The Hall–Kier alpha value is 0.144. The summed E-state index contributed by atoms with van der Waals surface area (Å²) in [5.41, 5.74) is 0. The zero-order valence-electron chi connectivity index (χ0n) is 9.04. The molecule has 0 spiro atoms. The molecule has 0 fully saturated rings. The van der Waals surface area contributed by atoms with Crippen molar-refractivity contribution in [3.63, 3.8) is 0 Å². The van der Waals surface area contributed by atoms with Crippen molar-refractivity contribution >= 4 is 0 Å². The Morgan fingerprint density at radius 3 is 1.86 bits per heavy atom. The molecular formula is C10H21O3V. The molecule has 0 N–H and O–H groups in total. The molecule has 0 aromatic rings. The molecule has 14 heavy (non-hydrogen) atoms. The van der Waals surface area contributed by atoms with Gasteiger partial charge in [-0.25, -0.2) is 0 Å². The van der Waals surface area contributed by atoms with Crippen LogP contribution in [0.4, 0.5) is 0 Å². The van der Waals surface area contributed by atoms with Crippen molar-refractivity contribution in [3.8, 4) is 0 Å². The van der Waals surface area contributed by atoms with Gasteiger partial charge in [-0.05, 0) is 0 Å². The molecule has 0 amide bonds. The Balaban J connectivity index is 2.92. The normalized spacial score (nSPS) is 10.4. The fraction of sp³-hybridized carbons (Fsp3) is 1.00. The van der Waals surface area contributed by atoms with Crippen molar-refractivity contribution in [2.75, 3.05) is 6.61 Å². The molecule has 0 saturated carbocycles. The van der Waals surface area contributed by atoms with Crippen LogP contribution < -0.4 is 0 Å². The molecule has 0 unspecified atom stereocenters. The molecule has 0 aromatic carbocycles. The Morgan fingerprint density at radius 1 is 0.857 bits per heavy atom. The summed E-state index contributed by atoms with van der Waals surface area (Å²) in [6.07, 6.45) is 9.72. The van der Waals surface area contributed by atoms with Gasteiger partial charge in [0.25, 0.3) is 0 Å². The van der Waals surface area contributed by atoms with Crippen LogP contribution in [-0.4, -0.2) is 6.61 Å². The van der Waals surface area contributed by atoms with E-state index in [9.17, 15) is 7.35 Å². The van der Waals surface area contributed by atoms with Crippen LogP contribution >= 0.6 is 0 Å². The molecule has 0 bridgehead atoms. The molecule has 0 aliphatic rings. The van der Waals surface area contributed by atoms with Gasteiger partial charge in [0.15, 0.2) is 0 Å². The average Bonchev–Trinajstić information content (AvgIpc) is 2.15. The quantitative estimate of drug-likeness (QED) is 0.550. The van der Waals surface area contributed by atoms with E-state index in [1.807, 2.05) is 0 Å². The van der Waals surface area contributed by atoms with Gasteiger partial charge in [0.05, 0.1) is 0 Å². The van der Waals surface area contributed by atoms with Crippen LogP contribution in [0.2, 0.25) is 0 Å². The summed E-state index contributed by atoms with van der Waals surface area (Å²) in [6, 6.07) is 0. The van der Waals surface area contributed by atoms with Crippen molar-refractivity contribution in [1.82, 2.24) is 0 Å². The monoisotopic (exact) mass is 240 g/mol. The number of rotatable bonds is 10. The van der Waals surface area contributed by atoms with Crippen molar-refractivity contribution in [2.45, 2.75) is 58.3 Å². The van der Waals surface area contributed by atoms with Gasteiger partial charge in [-0.3, -0.25) is 0 Å². The van der Waals surface area contributed by atoms with Gasteiger partial charge in [-0.15, -0.1) is 0 Å². The summed E-state index contributed by atoms with van der Waals surface area (Å²) in [6.45, 7) is 2.60. The van der Waals surface area contributed by atoms with Gasteiger partial charge >= 0.3 is 91.3 Å². The molecule has 0 aliphatic carbocycles. The summed E-state index contributed by atoms with van der Waals surface area (Å²) in [5, 5.41) is 0. The third kappa shape index (κ3) is 12.1. The van der Waals surface area contributed by atoms with Crippen LogP contribution in [0, 0.1) is 0 Å². The van der Waals surface area contributed by atoms with Gasteiger partial charge in [0.2, 0.25) is 0 Å². The second kappa shape index (κ2) is 11.2. The molecule has 0 radical (unpaired) electrons. The van der Waals surface area contributed by atoms with E-state index >= 15 is 0 Å². The molecule has 0 aliphatic heterocycles. The van der Waals surface area contributed by atoms with Gasteiger partial charge in [0.1, 0.15) is 0 Å². The summed E-state index contributed by atoms with van der Waals surface area (Å²) >= 11 is -3.30. The van der Waals surface area contributed by atoms with E-state index in [2.05, 4.69) is 10.6 Å². The van der Waals surface area contributed by atoms with E-state index in [1.54, 1.807) is 0 Å². The molecule has 0 aromatic heterocycles. The molecule has 4 heteroatoms. The first-order valence-corrected chi connectivity index (χ1v) is 7.25. The number of hydrogen-bond donors (Lipinski definition) is 0. The van der Waals surface area contributed by atoms with E-state index in [4.69, 9.17) is 0 Å². The van der Waals surface area contributed by atoms with E-state index in [1.165, 1.54) is 38.5 Å². The Bertz CT molecular complexity index is 170. The van der Waals surface area contributed by atoms with Crippen LogP contribution in [-0.2, 0) is 26.4 Å². The van der Waals surface area contributed by atoms with Crippen LogP contribution in [0.1, 0.15) is 58.3 Å². The molecular weight excluding hydrogens is 219 g/mol. The standard InChI is InChI=1S/C10H21O.2O.V/c1-2-3-4-5-6-7-8-9-10-11;;;/h2-10H2,1H3;;;/q-1;;;+1. The van der Waals surface area contributed by atoms with E-state index in [-0.39, 0.29) is 0 Å². The maximum absolute atomic E-state index is 10.1. The van der Waals surface area contributed by atoms with E-state index < -0.39 is 15.4 Å².